The van der Waals surface area contributed by atoms with Gasteiger partial charge in [-0.25, -0.2) is 4.98 Å². The Morgan fingerprint density at radius 2 is 1.47 bits per heavy atom. The maximum atomic E-state index is 11.8. The molecule has 0 unspecified atom stereocenters. The molecular weight excluding hydrogens is 781 g/mol. The van der Waals surface area contributed by atoms with E-state index in [1.54, 1.807) is 0 Å². The smallest absolute Gasteiger partial charge is 0.164 e. The van der Waals surface area contributed by atoms with Crippen molar-refractivity contribution in [1.29, 1.82) is 0 Å². The summed E-state index contributed by atoms with van der Waals surface area (Å²) in [5, 5.41) is 13.6. The molecule has 269 valence electrons. The van der Waals surface area contributed by atoms with Crippen LogP contribution in [-0.2, 0) is 37.7 Å². The van der Waals surface area contributed by atoms with Crippen LogP contribution in [0.5, 0.6) is 0 Å². The first-order valence-corrected chi connectivity index (χ1v) is 18.0. The van der Waals surface area contributed by atoms with E-state index < -0.39 is 0 Å². The normalized spacial score (nSPS) is 12.5. The molecule has 4 nitrogen and oxygen atoms in total. The number of rotatable bonds is 11. The largest absolute Gasteiger partial charge is 0.512 e. The molecule has 0 bridgehead atoms. The maximum absolute atomic E-state index is 11.8. The van der Waals surface area contributed by atoms with Crippen LogP contribution in [0, 0.1) is 42.6 Å². The zero-order valence-corrected chi connectivity index (χ0v) is 35.1. The number of allylic oxidation sites excluding steroid dienone is 2. The Morgan fingerprint density at radius 3 is 2.00 bits per heavy atom. The minimum Gasteiger partial charge on any atom is -0.512 e. The van der Waals surface area contributed by atoms with Crippen molar-refractivity contribution in [3.05, 3.63) is 82.4 Å². The van der Waals surface area contributed by atoms with E-state index in [2.05, 4.69) is 97.9 Å². The van der Waals surface area contributed by atoms with Gasteiger partial charge in [-0.2, -0.15) is 0 Å². The summed E-state index contributed by atoms with van der Waals surface area (Å²) in [6.45, 7) is 29.4. The number of fused-ring (bicyclic) bond motifs is 3. The fourth-order valence-electron chi connectivity index (χ4n) is 5.77. The van der Waals surface area contributed by atoms with Gasteiger partial charge in [0.1, 0.15) is 11.6 Å². The van der Waals surface area contributed by atoms with Gasteiger partial charge < -0.3 is 5.11 Å². The van der Waals surface area contributed by atoms with Crippen LogP contribution in [0.3, 0.4) is 0 Å². The number of aliphatic hydroxyl groups excluding tert-OH is 1. The Labute approximate surface area is 311 Å². The predicted octanol–water partition coefficient (Wildman–Crippen LogP) is 12.3. The van der Waals surface area contributed by atoms with E-state index in [1.165, 1.54) is 33.5 Å². The van der Waals surface area contributed by atoms with Gasteiger partial charge in [-0.3, -0.25) is 9.78 Å². The van der Waals surface area contributed by atoms with Crippen LogP contribution in [0.25, 0.3) is 32.9 Å². The predicted molar refractivity (Wildman–Crippen MR) is 206 cm³/mol. The summed E-state index contributed by atoms with van der Waals surface area (Å²) >= 11 is 0. The molecule has 0 saturated heterocycles. The van der Waals surface area contributed by atoms with Gasteiger partial charge in [-0.15, -0.1) is 34.9 Å². The number of aromatic nitrogens is 2. The zero-order chi connectivity index (χ0) is 36.1. The van der Waals surface area contributed by atoms with Gasteiger partial charge >= 0.3 is 0 Å². The molecular formula is C44H61IrN2O2-. The van der Waals surface area contributed by atoms with Crippen LogP contribution < -0.4 is 0 Å². The average molecular weight is 842 g/mol. The number of aliphatic hydroxyl groups is 1. The van der Waals surface area contributed by atoms with Crippen molar-refractivity contribution in [2.75, 3.05) is 0 Å². The number of aryl methyl sites for hydroxylation is 2. The first kappa shape index (κ1) is 42.3. The number of hydrogen-bond donors (Lipinski definition) is 1. The van der Waals surface area contributed by atoms with Crippen LogP contribution in [0.4, 0.5) is 0 Å². The van der Waals surface area contributed by atoms with Gasteiger partial charge in [-0.1, -0.05) is 121 Å². The van der Waals surface area contributed by atoms with Crippen molar-refractivity contribution in [1.82, 2.24) is 9.97 Å². The summed E-state index contributed by atoms with van der Waals surface area (Å²) in [5.74, 6) is 2.57. The molecule has 4 rings (SSSR count). The molecule has 0 saturated carbocycles. The van der Waals surface area contributed by atoms with Crippen LogP contribution in [-0.4, -0.2) is 20.9 Å². The van der Waals surface area contributed by atoms with Gasteiger partial charge in [0.25, 0.3) is 0 Å². The summed E-state index contributed by atoms with van der Waals surface area (Å²) in [5.41, 5.74) is 7.67. The third-order valence-corrected chi connectivity index (χ3v) is 9.53. The van der Waals surface area contributed by atoms with Crippen LogP contribution in [0.1, 0.15) is 130 Å². The van der Waals surface area contributed by atoms with Crippen molar-refractivity contribution in [3.63, 3.8) is 0 Å². The number of carbonyl (C=O) groups is 1. The molecule has 0 fully saturated rings. The monoisotopic (exact) mass is 842 g/mol. The molecule has 0 amide bonds. The summed E-state index contributed by atoms with van der Waals surface area (Å²) in [6, 6.07) is 17.2. The van der Waals surface area contributed by atoms with Gasteiger partial charge in [0.05, 0.1) is 5.52 Å². The van der Waals surface area contributed by atoms with Crippen molar-refractivity contribution < 1.29 is 30.0 Å². The van der Waals surface area contributed by atoms with E-state index in [0.717, 1.165) is 59.2 Å². The number of carbonyl (C=O) groups excluding carboxylic acids is 1. The summed E-state index contributed by atoms with van der Waals surface area (Å²) in [6.07, 6.45) is 5.14. The SMILES string of the molecule is CCC(C)(C)C(=O)/C=C(\O)C(C)(C)CC.Cc1[c-]c(-c2nc(C(C)C)nc3c2ccc2cc(CC(C)C)cc(CC(C)C)c23)cc(C)c1.[Ir]. The van der Waals surface area contributed by atoms with Crippen LogP contribution in [0.15, 0.2) is 48.2 Å². The molecule has 3 aromatic carbocycles. The maximum Gasteiger partial charge on any atom is 0.164 e. The second-order valence-electron chi connectivity index (χ2n) is 16.2. The Bertz CT molecular complexity index is 1760. The second-order valence-corrected chi connectivity index (χ2v) is 16.2. The number of ketones is 1. The van der Waals surface area contributed by atoms with E-state index in [-0.39, 0.29) is 48.4 Å². The molecule has 0 aliphatic carbocycles. The van der Waals surface area contributed by atoms with E-state index in [0.29, 0.717) is 11.8 Å². The van der Waals surface area contributed by atoms with Crippen LogP contribution >= 0.6 is 0 Å². The van der Waals surface area contributed by atoms with E-state index in [9.17, 15) is 9.90 Å². The molecule has 5 heteroatoms. The fourth-order valence-corrected chi connectivity index (χ4v) is 5.77. The first-order valence-electron chi connectivity index (χ1n) is 18.0. The molecule has 0 aliphatic heterocycles. The summed E-state index contributed by atoms with van der Waals surface area (Å²) in [7, 11) is 0. The van der Waals surface area contributed by atoms with Crippen molar-refractivity contribution in [2.24, 2.45) is 22.7 Å². The zero-order valence-electron chi connectivity index (χ0n) is 32.7. The molecule has 0 spiro atoms. The third-order valence-electron chi connectivity index (χ3n) is 9.53. The topological polar surface area (TPSA) is 63.1 Å². The molecule has 0 atom stereocenters. The van der Waals surface area contributed by atoms with E-state index in [4.69, 9.17) is 9.97 Å². The molecule has 1 radical (unpaired) electrons. The number of hydrogen-bond acceptors (Lipinski definition) is 4. The molecule has 1 N–H and O–H groups in total. The summed E-state index contributed by atoms with van der Waals surface area (Å²) < 4.78 is 0. The van der Waals surface area contributed by atoms with Crippen molar-refractivity contribution in [2.45, 2.75) is 129 Å². The Morgan fingerprint density at radius 1 is 0.857 bits per heavy atom. The van der Waals surface area contributed by atoms with Crippen molar-refractivity contribution in [3.8, 4) is 11.3 Å². The average Bonchev–Trinajstić information content (AvgIpc) is 2.99. The van der Waals surface area contributed by atoms with Crippen LogP contribution in [0.2, 0.25) is 0 Å². The van der Waals surface area contributed by atoms with E-state index >= 15 is 0 Å². The Kier molecular flexibility index (Phi) is 15.0. The number of benzene rings is 3. The minimum atomic E-state index is -0.377. The standard InChI is InChI=1S/C31H37N2.C13H24O2.Ir/c1-18(2)11-23-16-24-9-10-27-29(26-14-21(7)13-22(8)15-26)32-31(20(5)6)33-30(27)28(24)25(17-23)12-19(3)4;1-7-12(3,4)10(14)9-11(15)13(5,6)8-2;/h9-10,13-14,16-20H,11-12H2,1-8H3;9,14H,7-8H2,1-6H3;/q-1;;/b;10-9-;. The third kappa shape index (κ3) is 10.8. The molecule has 0 aliphatic rings. The molecule has 4 aromatic rings. The van der Waals surface area contributed by atoms with Crippen molar-refractivity contribution >= 4 is 27.5 Å². The molecule has 1 aromatic heterocycles. The van der Waals surface area contributed by atoms with Gasteiger partial charge in [0, 0.05) is 48.3 Å². The quantitative estimate of drug-likeness (QED) is 0.0707. The number of nitrogens with zero attached hydrogens (tertiary/aromatic N) is 2. The summed E-state index contributed by atoms with van der Waals surface area (Å²) in [4.78, 5) is 22.1. The minimum absolute atomic E-state index is 0. The second kappa shape index (κ2) is 17.4. The fraction of sp³-hybridized carbons (Fsp3) is 0.523. The first-order chi connectivity index (χ1) is 22.3. The Balaban J connectivity index is 0.000000444. The van der Waals surface area contributed by atoms with Gasteiger partial charge in [0.15, 0.2) is 5.78 Å². The van der Waals surface area contributed by atoms with E-state index in [1.807, 2.05) is 41.5 Å². The molecule has 49 heavy (non-hydrogen) atoms. The van der Waals surface area contributed by atoms with Gasteiger partial charge in [-0.05, 0) is 65.1 Å². The molecule has 1 heterocycles. The van der Waals surface area contributed by atoms with Gasteiger partial charge in [0.2, 0.25) is 0 Å². The Hall–Kier alpha value is -2.88.